The van der Waals surface area contributed by atoms with Gasteiger partial charge in [0.2, 0.25) is 11.8 Å². The van der Waals surface area contributed by atoms with Gasteiger partial charge in [0.05, 0.1) is 86.3 Å². The zero-order valence-electron chi connectivity index (χ0n) is 84.4. The molecule has 776 valence electrons. The summed E-state index contributed by atoms with van der Waals surface area (Å²) in [5, 5.41) is 85.5. The number of nitriles is 4. The summed E-state index contributed by atoms with van der Waals surface area (Å²) in [7, 11) is 7.79. The Hall–Kier alpha value is -14.1. The van der Waals surface area contributed by atoms with Crippen molar-refractivity contribution in [1.82, 2.24) is 83.7 Å². The average Bonchev–Trinajstić information content (AvgIpc) is 1.62. The summed E-state index contributed by atoms with van der Waals surface area (Å²) in [6, 6.07) is 50.0. The van der Waals surface area contributed by atoms with E-state index >= 15 is 0 Å². The number of rotatable bonds is 22. The minimum Gasteiger partial charge on any atom is -0.389 e. The number of nitrogens with zero attached hydrogens (tertiary/aromatic N) is 26. The summed E-state index contributed by atoms with van der Waals surface area (Å²) >= 11 is 14.0. The van der Waals surface area contributed by atoms with Crippen molar-refractivity contribution in [3.8, 4) is 69.3 Å². The number of amides is 2. The molecule has 0 unspecified atom stereocenters. The van der Waals surface area contributed by atoms with Crippen LogP contribution in [0.5, 0.6) is 0 Å². The number of benzene rings is 4. The number of piperazine rings is 2. The van der Waals surface area contributed by atoms with E-state index in [9.17, 15) is 53.3 Å². The van der Waals surface area contributed by atoms with E-state index in [0.717, 1.165) is 180 Å². The number of carbonyl (C=O) groups excluding carboxylic acids is 2. The second kappa shape index (κ2) is 49.2. The Labute approximate surface area is 896 Å². The number of β-amino-alcohol motifs (C(OH)–C–C–N with tert-alkyl or cyclic N) is 2. The van der Waals surface area contributed by atoms with Crippen LogP contribution in [0.3, 0.4) is 0 Å². The Balaban J connectivity index is 0.000000130. The van der Waals surface area contributed by atoms with Gasteiger partial charge in [-0.1, -0.05) is 95.4 Å². The van der Waals surface area contributed by atoms with Crippen LogP contribution in [0.15, 0.2) is 175 Å². The second-order valence-corrected chi connectivity index (χ2v) is 41.8. The number of likely N-dealkylation sites (tertiary alicyclic amines) is 2. The third-order valence-electron chi connectivity index (χ3n) is 26.8. The maximum absolute atomic E-state index is 13.5. The maximum atomic E-state index is 13.5. The number of carbonyl (C=O) groups is 2. The second-order valence-electron chi connectivity index (χ2n) is 36.7. The highest BCUT2D eigenvalue weighted by atomic mass is 79.9. The number of aliphatic hydroxyl groups is 2. The molecule has 0 spiro atoms. The van der Waals surface area contributed by atoms with E-state index in [1.807, 2.05) is 103 Å². The normalized spacial score (nSPS) is 14.7. The molecule has 0 radical (unpaired) electrons. The van der Waals surface area contributed by atoms with E-state index in [1.54, 1.807) is 53.4 Å². The first-order valence-electron chi connectivity index (χ1n) is 50.0. The molecule has 4 aromatic carbocycles. The van der Waals surface area contributed by atoms with Crippen LogP contribution in [0.1, 0.15) is 109 Å². The molecule has 16 aromatic rings. The lowest BCUT2D eigenvalue weighted by molar-refractivity contribution is -0.142. The Morgan fingerprint density at radius 1 is 0.393 bits per heavy atom. The number of alkyl halides is 1. The Bertz CT molecular complexity index is 7400. The average molecular weight is 2190 g/mol. The van der Waals surface area contributed by atoms with Gasteiger partial charge in [0, 0.05) is 188 Å². The van der Waals surface area contributed by atoms with Crippen molar-refractivity contribution in [1.29, 1.82) is 21.0 Å². The fourth-order valence-corrected chi connectivity index (χ4v) is 22.6. The first kappa shape index (κ1) is 107. The van der Waals surface area contributed by atoms with Crippen LogP contribution in [-0.2, 0) is 35.3 Å². The van der Waals surface area contributed by atoms with Gasteiger partial charge in [-0.25, -0.2) is 55.6 Å². The molecule has 6 aliphatic rings. The molecule has 6 aliphatic heterocycles. The van der Waals surface area contributed by atoms with Gasteiger partial charge in [-0.3, -0.25) is 14.5 Å². The van der Waals surface area contributed by atoms with Crippen molar-refractivity contribution < 1.29 is 37.4 Å². The van der Waals surface area contributed by atoms with Gasteiger partial charge in [0.15, 0.2) is 20.5 Å². The molecule has 150 heavy (non-hydrogen) atoms. The zero-order chi connectivity index (χ0) is 106. The predicted molar refractivity (Wildman–Crippen MR) is 590 cm³/mol. The van der Waals surface area contributed by atoms with Crippen molar-refractivity contribution >= 4 is 167 Å². The van der Waals surface area contributed by atoms with Crippen LogP contribution in [0.2, 0.25) is 0 Å². The number of pyridine rings is 4. The third kappa shape index (κ3) is 24.3. The summed E-state index contributed by atoms with van der Waals surface area (Å²) in [5.74, 6) is -1.28. The number of aliphatic hydroxyl groups excluding tert-OH is 2. The maximum Gasteiger partial charge on any atom is 0.237 e. The van der Waals surface area contributed by atoms with E-state index in [4.69, 9.17) is 51.9 Å². The molecule has 0 aliphatic carbocycles. The quantitative estimate of drug-likeness (QED) is 0.0362. The van der Waals surface area contributed by atoms with Gasteiger partial charge in [-0.05, 0) is 216 Å². The van der Waals surface area contributed by atoms with Crippen molar-refractivity contribution in [2.24, 2.45) is 0 Å². The summed E-state index contributed by atoms with van der Waals surface area (Å²) in [4.78, 5) is 64.6. The van der Waals surface area contributed by atoms with Gasteiger partial charge in [-0.2, -0.15) is 41.4 Å². The summed E-state index contributed by atoms with van der Waals surface area (Å²) in [6.45, 7) is 22.1. The van der Waals surface area contributed by atoms with Crippen LogP contribution in [0.25, 0.3) is 67.1 Å². The Morgan fingerprint density at radius 2 is 0.680 bits per heavy atom. The number of thiazole rings is 4. The molecule has 18 heterocycles. The molecule has 0 atom stereocenters. The zero-order valence-corrected chi connectivity index (χ0v) is 90.0. The molecule has 2 amide bonds. The first-order valence-corrected chi connectivity index (χ1v) is 54.6. The fraction of sp³-hybridized carbons (Fsp3) is 0.352. The largest absolute Gasteiger partial charge is 0.389 e. The molecule has 0 saturated carbocycles. The van der Waals surface area contributed by atoms with E-state index in [2.05, 4.69) is 140 Å². The van der Waals surface area contributed by atoms with Crippen molar-refractivity contribution in [2.75, 3.05) is 180 Å². The monoisotopic (exact) mass is 2180 g/mol. The Kier molecular flexibility index (Phi) is 35.1. The number of piperidine rings is 2. The minimum absolute atomic E-state index is 0.0206. The summed E-state index contributed by atoms with van der Waals surface area (Å²) < 4.78 is 62.1. The van der Waals surface area contributed by atoms with Crippen LogP contribution >= 0.6 is 72.9 Å². The van der Waals surface area contributed by atoms with Gasteiger partial charge in [-0.15, -0.1) is 11.6 Å². The van der Waals surface area contributed by atoms with Crippen molar-refractivity contribution in [3.05, 3.63) is 240 Å². The smallest absolute Gasteiger partial charge is 0.237 e. The van der Waals surface area contributed by atoms with Crippen LogP contribution in [0, 0.1) is 68.6 Å². The van der Waals surface area contributed by atoms with Crippen LogP contribution in [-0.4, -0.2) is 253 Å². The highest BCUT2D eigenvalue weighted by Gasteiger charge is 2.34. The van der Waals surface area contributed by atoms with E-state index in [-0.39, 0.29) is 53.2 Å². The van der Waals surface area contributed by atoms with Crippen LogP contribution < -0.4 is 44.9 Å². The number of nitrogens with one attached hydrogen (secondary N) is 2. The van der Waals surface area contributed by atoms with Crippen molar-refractivity contribution in [3.63, 3.8) is 0 Å². The van der Waals surface area contributed by atoms with Gasteiger partial charge in [0.1, 0.15) is 95.7 Å². The minimum atomic E-state index is -0.382. The number of aryl methyl sites for hydroxylation is 4. The van der Waals surface area contributed by atoms with E-state index in [0.29, 0.717) is 107 Å². The molecule has 12 aromatic heterocycles. The lowest BCUT2D eigenvalue weighted by atomic mass is 10.1. The van der Waals surface area contributed by atoms with Crippen molar-refractivity contribution in [2.45, 2.75) is 104 Å². The molecular weight excluding hydrogens is 2070 g/mol. The molecule has 6 fully saturated rings. The standard InChI is InChI=1S/C29H31FN8O2S.C25H25FN6S.C24H24FN7S.C20H15BrFN5S.C5H8ClNO2.C5H11N/c1-3-23-28(34(2)29-32-27(25(15-31)41-29)19-4-6-20(30)7-5-19)24-14-21(8-9-38(24)33-23)36-12-10-35(11-13-36)18-26(40)37-16-22(39)17-37;1-3-20-24(21-15-19(11-14-32(21)29-20)31-12-5-4-6-13-31)30(2)25-28-23(22(16-27)33-25)17-7-9-18(26)10-8-17;1-3-19-23(20-14-18(8-11-32(20)29-19)31-12-9-27-10-13-31)30(2)24-28-22(21(15-26)33-24)16-4-6-17(25)7-5-16;1-3-15-19(16-10-13(21)8-9-27(16)25-15)26(2)20-24-18(17(11-23)28-20)12-4-6-14(22)7-5-12;6-1-5(9)7-2-4(8)3-7;1-2-4-6-5-3-1/h4-9,14,22,39H,3,10-13,16-18H2,1-2H3;7-11,14-15H,3-6,12-13H2,1-2H3;4-8,11,14,27H,3,9-10,12-13H2,1-2H3;4-10H,3H2,1-2H3;4,8H,1-3H2;6H,1-5H2. The molecule has 32 nitrogen and oxygen atoms in total. The van der Waals surface area contributed by atoms with E-state index in [1.165, 1.54) is 162 Å². The number of hydrogen-bond donors (Lipinski definition) is 4. The molecular formula is C108H114BrClF4N28O4S4. The van der Waals surface area contributed by atoms with Gasteiger partial charge < -0.3 is 64.9 Å². The molecule has 4 N–H and O–H groups in total. The molecule has 6 saturated heterocycles. The lowest BCUT2D eigenvalue weighted by Crippen LogP contribution is -2.57. The first-order chi connectivity index (χ1) is 72.8. The molecule has 0 bridgehead atoms. The highest BCUT2D eigenvalue weighted by molar-refractivity contribution is 9.10. The number of anilines is 11. The number of fused-ring (bicyclic) bond motifs is 4. The SMILES string of the molecule is C1CCNCC1.CCc1nn2ccc(Br)cc2c1N(C)c1nc(-c2ccc(F)cc2)c(C#N)s1.CCc1nn2ccc(N3CCCCC3)cc2c1N(C)c1nc(-c2ccc(F)cc2)c(C#N)s1.CCc1nn2ccc(N3CCN(CC(=O)N4CC(O)C4)CC3)cc2c1N(C)c1nc(-c2ccc(F)cc2)c(C#N)s1.CCc1nn2ccc(N3CCNCC3)cc2c1N(C)c1nc(-c2ccc(F)cc2)c(C#N)s1.O=C(CCl)N1CC(O)C1. The number of hydrogen-bond acceptors (Lipinski definition) is 30. The fourth-order valence-electron chi connectivity index (χ4n) is 18.7. The predicted octanol–water partition coefficient (Wildman–Crippen LogP) is 18.9. The number of halogens is 6. The summed E-state index contributed by atoms with van der Waals surface area (Å²) in [6.07, 6.45) is 18.2. The van der Waals surface area contributed by atoms with Gasteiger partial charge >= 0.3 is 0 Å². The van der Waals surface area contributed by atoms with Gasteiger partial charge in [0.25, 0.3) is 0 Å². The lowest BCUT2D eigenvalue weighted by Gasteiger charge is -2.39. The third-order valence-corrected chi connectivity index (χ3v) is 31.7. The molecule has 22 rings (SSSR count). The Morgan fingerprint density at radius 3 is 0.967 bits per heavy atom. The number of aromatic nitrogens is 12. The van der Waals surface area contributed by atoms with E-state index < -0.39 is 0 Å². The summed E-state index contributed by atoms with van der Waals surface area (Å²) in [5.41, 5.74) is 20.1. The topological polar surface area (TPSA) is 347 Å². The molecule has 42 heteroatoms. The highest BCUT2D eigenvalue weighted by Crippen LogP contribution is 2.46. The van der Waals surface area contributed by atoms with Crippen LogP contribution in [0.4, 0.5) is 77.9 Å².